The van der Waals surface area contributed by atoms with Crippen LogP contribution >= 0.6 is 0 Å². The highest BCUT2D eigenvalue weighted by molar-refractivity contribution is 5.87. The van der Waals surface area contributed by atoms with Gasteiger partial charge < -0.3 is 19.0 Å². The molecule has 5 rings (SSSR count). The van der Waals surface area contributed by atoms with Gasteiger partial charge in [0.05, 0.1) is 16.8 Å². The van der Waals surface area contributed by atoms with Crippen LogP contribution in [-0.4, -0.2) is 40.0 Å². The van der Waals surface area contributed by atoms with E-state index in [1.807, 2.05) is 41.9 Å². The molecule has 4 heterocycles. The highest BCUT2D eigenvalue weighted by atomic mass is 16.4. The molecule has 0 saturated carbocycles. The molecule has 0 radical (unpaired) electrons. The lowest BCUT2D eigenvalue weighted by Gasteiger charge is -2.33. The van der Waals surface area contributed by atoms with Gasteiger partial charge in [-0.05, 0) is 43.9 Å². The summed E-state index contributed by atoms with van der Waals surface area (Å²) in [6, 6.07) is 8.34. The van der Waals surface area contributed by atoms with E-state index in [4.69, 9.17) is 9.40 Å². The Hall–Kier alpha value is -3.19. The van der Waals surface area contributed by atoms with Crippen molar-refractivity contribution in [3.8, 4) is 11.5 Å². The fraction of sp³-hybridized carbons (Fsp3) is 0.348. The van der Waals surface area contributed by atoms with E-state index in [0.717, 1.165) is 54.2 Å². The summed E-state index contributed by atoms with van der Waals surface area (Å²) in [4.78, 5) is 24.4. The molecule has 30 heavy (non-hydrogen) atoms. The van der Waals surface area contributed by atoms with Gasteiger partial charge in [0.2, 0.25) is 0 Å². The number of anilines is 1. The number of hydrogen-bond acceptors (Lipinski definition) is 6. The zero-order valence-corrected chi connectivity index (χ0v) is 17.5. The number of nitrogens with zero attached hydrogens (tertiary/aromatic N) is 4. The number of aryl methyl sites for hydroxylation is 2. The number of nitrogens with one attached hydrogen (secondary N) is 1. The minimum absolute atomic E-state index is 0.338. The van der Waals surface area contributed by atoms with Crippen LogP contribution in [0.1, 0.15) is 25.2 Å². The van der Waals surface area contributed by atoms with Crippen molar-refractivity contribution in [1.29, 1.82) is 0 Å². The largest absolute Gasteiger partial charge is 0.421 e. The Morgan fingerprint density at radius 1 is 1.23 bits per heavy atom. The number of aromatic nitrogens is 3. The molecular formula is C23H25N5O2. The summed E-state index contributed by atoms with van der Waals surface area (Å²) < 4.78 is 7.64. The van der Waals surface area contributed by atoms with E-state index >= 15 is 0 Å². The normalized spacial score (nSPS) is 17.2. The molecule has 0 amide bonds. The van der Waals surface area contributed by atoms with E-state index in [-0.39, 0.29) is 5.63 Å². The molecule has 154 valence electrons. The highest BCUT2D eigenvalue weighted by Gasteiger charge is 2.18. The Morgan fingerprint density at radius 2 is 2.10 bits per heavy atom. The summed E-state index contributed by atoms with van der Waals surface area (Å²) in [6.07, 6.45) is 4.62. The molecule has 3 aromatic heterocycles. The van der Waals surface area contributed by atoms with Crippen molar-refractivity contribution < 1.29 is 4.42 Å². The van der Waals surface area contributed by atoms with Gasteiger partial charge >= 0.3 is 5.63 Å². The van der Waals surface area contributed by atoms with Crippen LogP contribution in [0.15, 0.2) is 45.9 Å². The number of fused-ring (bicyclic) bond motifs is 2. The van der Waals surface area contributed by atoms with Crippen LogP contribution in [0.4, 0.5) is 5.69 Å². The molecule has 0 bridgehead atoms. The minimum Gasteiger partial charge on any atom is -0.421 e. The van der Waals surface area contributed by atoms with Crippen molar-refractivity contribution in [2.45, 2.75) is 33.2 Å². The van der Waals surface area contributed by atoms with E-state index < -0.39 is 0 Å². The quantitative estimate of drug-likeness (QED) is 0.566. The molecule has 4 aromatic rings. The first kappa shape index (κ1) is 18.8. The van der Waals surface area contributed by atoms with Crippen LogP contribution in [0.3, 0.4) is 0 Å². The van der Waals surface area contributed by atoms with Gasteiger partial charge in [0, 0.05) is 43.8 Å². The summed E-state index contributed by atoms with van der Waals surface area (Å²) in [5.74, 6) is 0.472. The van der Waals surface area contributed by atoms with Crippen LogP contribution in [0, 0.1) is 6.92 Å². The molecule has 7 nitrogen and oxygen atoms in total. The summed E-state index contributed by atoms with van der Waals surface area (Å²) in [5.41, 5.74) is 4.00. The summed E-state index contributed by atoms with van der Waals surface area (Å²) >= 11 is 0. The van der Waals surface area contributed by atoms with E-state index in [9.17, 15) is 4.79 Å². The maximum atomic E-state index is 12.8. The van der Waals surface area contributed by atoms with Gasteiger partial charge in [-0.2, -0.15) is 0 Å². The van der Waals surface area contributed by atoms with Crippen LogP contribution in [-0.2, 0) is 6.42 Å². The lowest BCUT2D eigenvalue weighted by molar-refractivity contribution is 0.485. The Morgan fingerprint density at radius 3 is 2.90 bits per heavy atom. The number of rotatable bonds is 3. The maximum Gasteiger partial charge on any atom is 0.344 e. The van der Waals surface area contributed by atoms with Crippen molar-refractivity contribution in [1.82, 2.24) is 19.7 Å². The molecule has 1 aromatic carbocycles. The second kappa shape index (κ2) is 7.25. The lowest BCUT2D eigenvalue weighted by atomic mass is 10.1. The van der Waals surface area contributed by atoms with E-state index in [0.29, 0.717) is 22.9 Å². The second-order valence-electron chi connectivity index (χ2n) is 8.01. The molecule has 1 saturated heterocycles. The number of piperazine rings is 1. The Balaban J connectivity index is 1.57. The lowest BCUT2D eigenvalue weighted by Crippen LogP contribution is -2.49. The van der Waals surface area contributed by atoms with E-state index in [1.165, 1.54) is 0 Å². The molecular weight excluding hydrogens is 378 g/mol. The standard InChI is InChI=1S/C23H25N5O2/c1-4-19-22-26-20(13-28(22)12-15(3)25-19)21-9-16-5-6-17(10-18(16)23(29)30-21)27-8-7-24-14(2)11-27/h5-6,9-10,12-14,24H,4,7-8,11H2,1-3H3/t14-/m0/s1. The Bertz CT molecular complexity index is 1310. The fourth-order valence-corrected chi connectivity index (χ4v) is 4.22. The third-order valence-electron chi connectivity index (χ3n) is 5.69. The first-order valence-electron chi connectivity index (χ1n) is 10.4. The van der Waals surface area contributed by atoms with Crippen LogP contribution in [0.2, 0.25) is 0 Å². The van der Waals surface area contributed by atoms with E-state index in [1.54, 1.807) is 0 Å². The van der Waals surface area contributed by atoms with Gasteiger partial charge in [-0.3, -0.25) is 4.98 Å². The van der Waals surface area contributed by atoms with Crippen molar-refractivity contribution in [2.75, 3.05) is 24.5 Å². The summed E-state index contributed by atoms with van der Waals surface area (Å²) in [7, 11) is 0. The van der Waals surface area contributed by atoms with Gasteiger partial charge in [-0.1, -0.05) is 13.0 Å². The third-order valence-corrected chi connectivity index (χ3v) is 5.69. The number of hydrogen-bond donors (Lipinski definition) is 1. The third kappa shape index (κ3) is 3.25. The molecule has 0 unspecified atom stereocenters. The fourth-order valence-electron chi connectivity index (χ4n) is 4.22. The van der Waals surface area contributed by atoms with Gasteiger partial charge in [0.1, 0.15) is 5.69 Å². The van der Waals surface area contributed by atoms with E-state index in [2.05, 4.69) is 35.1 Å². The first-order chi connectivity index (χ1) is 14.5. The number of imidazole rings is 1. The SMILES string of the molecule is CCc1nc(C)cn2cc(-c3cc4ccc(N5CCN[C@@H](C)C5)cc4c(=O)o3)nc12. The average molecular weight is 403 g/mol. The molecule has 0 aliphatic carbocycles. The molecule has 1 aliphatic heterocycles. The van der Waals surface area contributed by atoms with Crippen molar-refractivity contribution in [3.05, 3.63) is 58.5 Å². The van der Waals surface area contributed by atoms with Crippen molar-refractivity contribution in [2.24, 2.45) is 0 Å². The van der Waals surface area contributed by atoms with Crippen LogP contribution in [0.5, 0.6) is 0 Å². The summed E-state index contributed by atoms with van der Waals surface area (Å²) in [5, 5.41) is 4.90. The van der Waals surface area contributed by atoms with Gasteiger partial charge in [-0.15, -0.1) is 0 Å². The second-order valence-corrected chi connectivity index (χ2v) is 8.01. The zero-order chi connectivity index (χ0) is 20.8. The van der Waals surface area contributed by atoms with Crippen molar-refractivity contribution in [3.63, 3.8) is 0 Å². The topological polar surface area (TPSA) is 75.7 Å². The van der Waals surface area contributed by atoms with Crippen LogP contribution in [0.25, 0.3) is 27.9 Å². The molecule has 1 fully saturated rings. The monoisotopic (exact) mass is 403 g/mol. The molecule has 1 aliphatic rings. The molecule has 0 spiro atoms. The van der Waals surface area contributed by atoms with Gasteiger partial charge in [-0.25, -0.2) is 9.78 Å². The smallest absolute Gasteiger partial charge is 0.344 e. The van der Waals surface area contributed by atoms with Gasteiger partial charge in [0.25, 0.3) is 0 Å². The zero-order valence-electron chi connectivity index (χ0n) is 17.5. The number of benzene rings is 1. The first-order valence-corrected chi connectivity index (χ1v) is 10.4. The minimum atomic E-state index is -0.338. The Labute approximate surface area is 174 Å². The van der Waals surface area contributed by atoms with Crippen molar-refractivity contribution >= 4 is 22.1 Å². The van der Waals surface area contributed by atoms with Gasteiger partial charge in [0.15, 0.2) is 11.4 Å². The molecule has 1 N–H and O–H groups in total. The highest BCUT2D eigenvalue weighted by Crippen LogP contribution is 2.26. The molecule has 1 atom stereocenters. The predicted octanol–water partition coefficient (Wildman–Crippen LogP) is 3.17. The van der Waals surface area contributed by atoms with Crippen LogP contribution < -0.4 is 15.8 Å². The molecule has 7 heteroatoms. The maximum absolute atomic E-state index is 12.8. The predicted molar refractivity (Wildman–Crippen MR) is 118 cm³/mol. The Kier molecular flexibility index (Phi) is 4.55. The summed E-state index contributed by atoms with van der Waals surface area (Å²) in [6.45, 7) is 8.98. The average Bonchev–Trinajstić information content (AvgIpc) is 3.17.